The number of aromatic nitrogens is 1. The van der Waals surface area contributed by atoms with Crippen LogP contribution in [0.25, 0.3) is 10.8 Å². The number of nitrogens with zero attached hydrogens (tertiary/aromatic N) is 1. The first kappa shape index (κ1) is 14.6. The highest BCUT2D eigenvalue weighted by Crippen LogP contribution is 2.29. The molecule has 0 bridgehead atoms. The molecule has 0 radical (unpaired) electrons. The summed E-state index contributed by atoms with van der Waals surface area (Å²) in [6, 6.07) is 6.79. The molecule has 1 heterocycles. The fourth-order valence-corrected chi connectivity index (χ4v) is 2.25. The van der Waals surface area contributed by atoms with E-state index in [0.29, 0.717) is 10.8 Å². The van der Waals surface area contributed by atoms with Crippen LogP contribution in [0.3, 0.4) is 0 Å². The van der Waals surface area contributed by atoms with Crippen molar-refractivity contribution < 1.29 is 13.2 Å². The average Bonchev–Trinajstić information content (AvgIpc) is 2.30. The predicted octanol–water partition coefficient (Wildman–Crippen LogP) is 3.86. The van der Waals surface area contributed by atoms with Crippen molar-refractivity contribution in [1.82, 2.24) is 4.57 Å². The molecule has 0 unspecified atom stereocenters. The summed E-state index contributed by atoms with van der Waals surface area (Å²) in [4.78, 5) is 12.1. The lowest BCUT2D eigenvalue weighted by atomic mass is 9.85. The molecule has 20 heavy (non-hydrogen) atoms. The Kier molecular flexibility index (Phi) is 3.40. The summed E-state index contributed by atoms with van der Waals surface area (Å²) in [5.74, 6) is 0. The Morgan fingerprint density at radius 3 is 2.10 bits per heavy atom. The molecule has 108 valence electrons. The molecule has 0 aliphatic rings. The summed E-state index contributed by atoms with van der Waals surface area (Å²) in [5, 5.41) is 1.03. The summed E-state index contributed by atoms with van der Waals surface area (Å²) in [6.45, 7) is 4.48. The van der Waals surface area contributed by atoms with Gasteiger partial charge < -0.3 is 4.57 Å². The number of halogens is 3. The number of rotatable bonds is 1. The van der Waals surface area contributed by atoms with Gasteiger partial charge in [0.1, 0.15) is 6.54 Å². The molecule has 0 N–H and O–H groups in total. The fraction of sp³-hybridized carbons (Fsp3) is 0.400. The van der Waals surface area contributed by atoms with Crippen molar-refractivity contribution in [3.8, 4) is 0 Å². The number of alkyl halides is 3. The fourth-order valence-electron chi connectivity index (χ4n) is 2.25. The van der Waals surface area contributed by atoms with E-state index < -0.39 is 18.3 Å². The third-order valence-electron chi connectivity index (χ3n) is 3.15. The molecule has 2 rings (SSSR count). The van der Waals surface area contributed by atoms with Gasteiger partial charge in [-0.1, -0.05) is 39.0 Å². The number of benzene rings is 1. The van der Waals surface area contributed by atoms with E-state index in [4.69, 9.17) is 0 Å². The first-order chi connectivity index (χ1) is 9.09. The summed E-state index contributed by atoms with van der Waals surface area (Å²) < 4.78 is 38.5. The van der Waals surface area contributed by atoms with Crippen LogP contribution in [0, 0.1) is 0 Å². The van der Waals surface area contributed by atoms with Crippen LogP contribution < -0.4 is 5.56 Å². The van der Waals surface area contributed by atoms with Crippen LogP contribution in [0.1, 0.15) is 26.3 Å². The number of pyridine rings is 1. The number of hydrogen-bond acceptors (Lipinski definition) is 1. The van der Waals surface area contributed by atoms with Gasteiger partial charge in [0.2, 0.25) is 0 Å². The summed E-state index contributed by atoms with van der Waals surface area (Å²) >= 11 is 0. The molecule has 5 heteroatoms. The summed E-state index contributed by atoms with van der Waals surface area (Å²) in [7, 11) is 0. The molecule has 0 spiro atoms. The Hall–Kier alpha value is -1.78. The SMILES string of the molecule is CC(C)(C)c1cn(CC(F)(F)F)c(=O)c2ccccc12. The molecule has 0 fully saturated rings. The van der Waals surface area contributed by atoms with E-state index in [0.717, 1.165) is 10.1 Å². The van der Waals surface area contributed by atoms with Crippen molar-refractivity contribution >= 4 is 10.8 Å². The van der Waals surface area contributed by atoms with Crippen molar-refractivity contribution in [1.29, 1.82) is 0 Å². The third kappa shape index (κ3) is 2.86. The van der Waals surface area contributed by atoms with Crippen LogP contribution in [0.2, 0.25) is 0 Å². The summed E-state index contributed by atoms with van der Waals surface area (Å²) in [6.07, 6.45) is -3.08. The van der Waals surface area contributed by atoms with Crippen LogP contribution in [-0.2, 0) is 12.0 Å². The van der Waals surface area contributed by atoms with Gasteiger partial charge in [-0.2, -0.15) is 13.2 Å². The maximum absolute atomic E-state index is 12.6. The number of hydrogen-bond donors (Lipinski definition) is 0. The molecular weight excluding hydrogens is 267 g/mol. The van der Waals surface area contributed by atoms with Crippen molar-refractivity contribution in [2.45, 2.75) is 38.9 Å². The van der Waals surface area contributed by atoms with E-state index in [1.807, 2.05) is 20.8 Å². The minimum atomic E-state index is -4.42. The molecule has 0 amide bonds. The lowest BCUT2D eigenvalue weighted by Crippen LogP contribution is -2.30. The standard InChI is InChI=1S/C15H16F3NO/c1-14(2,3)12-8-19(9-15(16,17)18)13(20)11-7-5-4-6-10(11)12/h4-8H,9H2,1-3H3. The Labute approximate surface area is 114 Å². The van der Waals surface area contributed by atoms with Crippen molar-refractivity contribution in [2.24, 2.45) is 0 Å². The van der Waals surface area contributed by atoms with Gasteiger partial charge in [-0.25, -0.2) is 0 Å². The van der Waals surface area contributed by atoms with E-state index in [1.165, 1.54) is 6.20 Å². The molecule has 0 aliphatic heterocycles. The Morgan fingerprint density at radius 2 is 1.60 bits per heavy atom. The predicted molar refractivity (Wildman–Crippen MR) is 73.0 cm³/mol. The molecular formula is C15H16F3NO. The van der Waals surface area contributed by atoms with Gasteiger partial charge >= 0.3 is 6.18 Å². The quantitative estimate of drug-likeness (QED) is 0.779. The minimum Gasteiger partial charge on any atom is -0.306 e. The molecule has 1 aromatic heterocycles. The zero-order valence-electron chi connectivity index (χ0n) is 11.6. The van der Waals surface area contributed by atoms with E-state index in [-0.39, 0.29) is 5.41 Å². The first-order valence-electron chi connectivity index (χ1n) is 6.29. The van der Waals surface area contributed by atoms with Gasteiger partial charge in [0, 0.05) is 11.6 Å². The van der Waals surface area contributed by atoms with Gasteiger partial charge in [-0.15, -0.1) is 0 Å². The smallest absolute Gasteiger partial charge is 0.306 e. The van der Waals surface area contributed by atoms with Crippen LogP contribution in [0.5, 0.6) is 0 Å². The normalized spacial score (nSPS) is 12.9. The molecule has 0 aliphatic carbocycles. The largest absolute Gasteiger partial charge is 0.406 e. The van der Waals surface area contributed by atoms with E-state index in [1.54, 1.807) is 24.3 Å². The number of fused-ring (bicyclic) bond motifs is 1. The lowest BCUT2D eigenvalue weighted by molar-refractivity contribution is -0.141. The topological polar surface area (TPSA) is 22.0 Å². The van der Waals surface area contributed by atoms with E-state index in [9.17, 15) is 18.0 Å². The third-order valence-corrected chi connectivity index (χ3v) is 3.15. The van der Waals surface area contributed by atoms with Crippen LogP contribution in [-0.4, -0.2) is 10.7 Å². The maximum Gasteiger partial charge on any atom is 0.406 e. The van der Waals surface area contributed by atoms with Gasteiger partial charge in [-0.05, 0) is 22.4 Å². The van der Waals surface area contributed by atoms with Gasteiger partial charge in [-0.3, -0.25) is 4.79 Å². The van der Waals surface area contributed by atoms with Gasteiger partial charge in [0.25, 0.3) is 5.56 Å². The zero-order valence-corrected chi connectivity index (χ0v) is 11.6. The van der Waals surface area contributed by atoms with Crippen molar-refractivity contribution in [3.63, 3.8) is 0 Å². The highest BCUT2D eigenvalue weighted by Gasteiger charge is 2.30. The Morgan fingerprint density at radius 1 is 1.05 bits per heavy atom. The van der Waals surface area contributed by atoms with E-state index in [2.05, 4.69) is 0 Å². The molecule has 2 nitrogen and oxygen atoms in total. The molecule has 1 aromatic carbocycles. The van der Waals surface area contributed by atoms with Crippen LogP contribution in [0.15, 0.2) is 35.3 Å². The van der Waals surface area contributed by atoms with Crippen molar-refractivity contribution in [3.05, 3.63) is 46.4 Å². The molecule has 2 aromatic rings. The van der Waals surface area contributed by atoms with Gasteiger partial charge in [0.15, 0.2) is 0 Å². The second-order valence-electron chi connectivity index (χ2n) is 5.89. The lowest BCUT2D eigenvalue weighted by Gasteiger charge is -2.23. The zero-order chi connectivity index (χ0) is 15.1. The van der Waals surface area contributed by atoms with Crippen molar-refractivity contribution in [2.75, 3.05) is 0 Å². The Bertz CT molecular complexity index is 693. The maximum atomic E-state index is 12.6. The molecule has 0 saturated carbocycles. The average molecular weight is 283 g/mol. The second-order valence-corrected chi connectivity index (χ2v) is 5.89. The van der Waals surface area contributed by atoms with Crippen LogP contribution >= 0.6 is 0 Å². The molecule has 0 saturated heterocycles. The van der Waals surface area contributed by atoms with Crippen LogP contribution in [0.4, 0.5) is 13.2 Å². The Balaban J connectivity index is 2.79. The highest BCUT2D eigenvalue weighted by atomic mass is 19.4. The second kappa shape index (κ2) is 4.65. The monoisotopic (exact) mass is 283 g/mol. The van der Waals surface area contributed by atoms with E-state index >= 15 is 0 Å². The first-order valence-corrected chi connectivity index (χ1v) is 6.29. The summed E-state index contributed by atoms with van der Waals surface area (Å²) in [5.41, 5.74) is -0.219. The minimum absolute atomic E-state index is 0.323. The highest BCUT2D eigenvalue weighted by molar-refractivity contribution is 5.85. The molecule has 0 atom stereocenters. The van der Waals surface area contributed by atoms with Gasteiger partial charge in [0.05, 0.1) is 0 Å².